The second-order valence-electron chi connectivity index (χ2n) is 2.39. The molecule has 0 aliphatic carbocycles. The van der Waals surface area contributed by atoms with Crippen LogP contribution in [-0.4, -0.2) is 29.7 Å². The normalized spacial score (nSPS) is 9.87. The molecule has 0 bridgehead atoms. The molecular weight excluding hydrogens is 243 g/mol. The van der Waals surface area contributed by atoms with Crippen LogP contribution >= 0.6 is 23.2 Å². The fourth-order valence-electron chi connectivity index (χ4n) is 0.916. The predicted octanol–water partition coefficient (Wildman–Crippen LogP) is 1.97. The lowest BCUT2D eigenvalue weighted by Crippen LogP contribution is -2.10. The molecule has 0 saturated carbocycles. The zero-order valence-electron chi connectivity index (χ0n) is 8.08. The lowest BCUT2D eigenvalue weighted by Gasteiger charge is -2.07. The number of rotatable bonds is 3. The number of nitrogens with zero attached hydrogens (tertiary/aromatic N) is 2. The summed E-state index contributed by atoms with van der Waals surface area (Å²) in [4.78, 5) is 18.7. The Labute approximate surface area is 96.3 Å². The van der Waals surface area contributed by atoms with Crippen molar-refractivity contribution < 1.29 is 14.3 Å². The monoisotopic (exact) mass is 250 g/mol. The molecule has 0 aromatic carbocycles. The first-order chi connectivity index (χ1) is 7.10. The lowest BCUT2D eigenvalue weighted by molar-refractivity contribution is 0.0515. The van der Waals surface area contributed by atoms with Crippen molar-refractivity contribution in [2.75, 3.05) is 13.7 Å². The lowest BCUT2D eigenvalue weighted by atomic mass is 10.4. The van der Waals surface area contributed by atoms with Crippen molar-refractivity contribution in [3.8, 4) is 5.75 Å². The summed E-state index contributed by atoms with van der Waals surface area (Å²) < 4.78 is 9.64. The number of carbonyl (C=O) groups excluding carboxylic acids is 1. The van der Waals surface area contributed by atoms with E-state index in [0.29, 0.717) is 0 Å². The first-order valence-corrected chi connectivity index (χ1v) is 4.79. The Morgan fingerprint density at radius 1 is 1.40 bits per heavy atom. The third-order valence-corrected chi connectivity index (χ3v) is 1.90. The minimum absolute atomic E-state index is 0.0273. The van der Waals surface area contributed by atoms with Crippen LogP contribution in [0.25, 0.3) is 0 Å². The zero-order valence-corrected chi connectivity index (χ0v) is 9.59. The number of esters is 1. The van der Waals surface area contributed by atoms with E-state index in [4.69, 9.17) is 32.7 Å². The van der Waals surface area contributed by atoms with E-state index in [9.17, 15) is 4.79 Å². The van der Waals surface area contributed by atoms with E-state index in [1.807, 2.05) is 0 Å². The molecule has 0 atom stereocenters. The molecule has 0 aliphatic heterocycles. The van der Waals surface area contributed by atoms with Gasteiger partial charge in [0.2, 0.25) is 5.28 Å². The van der Waals surface area contributed by atoms with Gasteiger partial charge in [0.05, 0.1) is 13.7 Å². The minimum atomic E-state index is -0.652. The first-order valence-electron chi connectivity index (χ1n) is 4.04. The Morgan fingerprint density at radius 2 is 2.07 bits per heavy atom. The molecule has 0 spiro atoms. The molecule has 5 nitrogen and oxygen atoms in total. The summed E-state index contributed by atoms with van der Waals surface area (Å²) in [7, 11) is 1.35. The van der Waals surface area contributed by atoms with Gasteiger partial charge in [-0.3, -0.25) is 0 Å². The standard InChI is InChI=1S/C8H8Cl2N2O3/c1-3-15-7(13)4-5(14-2)6(9)12-8(10)11-4/h3H2,1-2H3. The van der Waals surface area contributed by atoms with E-state index >= 15 is 0 Å². The van der Waals surface area contributed by atoms with Crippen molar-refractivity contribution >= 4 is 29.2 Å². The number of methoxy groups -OCH3 is 1. The number of hydrogen-bond acceptors (Lipinski definition) is 5. The molecule has 1 aromatic heterocycles. The Kier molecular flexibility index (Phi) is 4.11. The van der Waals surface area contributed by atoms with Crippen molar-refractivity contribution in [3.63, 3.8) is 0 Å². The van der Waals surface area contributed by atoms with Gasteiger partial charge < -0.3 is 9.47 Å². The van der Waals surface area contributed by atoms with Crippen LogP contribution in [0.2, 0.25) is 10.4 Å². The summed E-state index contributed by atoms with van der Waals surface area (Å²) in [5, 5.41) is -0.163. The fraction of sp³-hybridized carbons (Fsp3) is 0.375. The van der Waals surface area contributed by atoms with E-state index in [1.54, 1.807) is 6.92 Å². The molecule has 0 aliphatic rings. The molecule has 0 radical (unpaired) electrons. The second kappa shape index (κ2) is 5.14. The van der Waals surface area contributed by atoms with Crippen molar-refractivity contribution in [2.45, 2.75) is 6.92 Å². The third kappa shape index (κ3) is 2.70. The molecule has 1 heterocycles. The van der Waals surface area contributed by atoms with E-state index < -0.39 is 5.97 Å². The maximum atomic E-state index is 11.4. The number of hydrogen-bond donors (Lipinski definition) is 0. The van der Waals surface area contributed by atoms with E-state index in [-0.39, 0.29) is 28.5 Å². The van der Waals surface area contributed by atoms with Gasteiger partial charge in [-0.15, -0.1) is 0 Å². The number of ether oxygens (including phenoxy) is 2. The minimum Gasteiger partial charge on any atom is -0.491 e. The van der Waals surface area contributed by atoms with Gasteiger partial charge in [-0.2, -0.15) is 0 Å². The summed E-state index contributed by atoms with van der Waals surface area (Å²) >= 11 is 11.3. The third-order valence-electron chi connectivity index (χ3n) is 1.47. The van der Waals surface area contributed by atoms with Gasteiger partial charge in [0.15, 0.2) is 16.6 Å². The molecule has 15 heavy (non-hydrogen) atoms. The quantitative estimate of drug-likeness (QED) is 0.467. The summed E-state index contributed by atoms with van der Waals surface area (Å²) in [6.45, 7) is 1.90. The van der Waals surface area contributed by atoms with Crippen molar-refractivity contribution in [1.29, 1.82) is 0 Å². The Morgan fingerprint density at radius 3 is 2.60 bits per heavy atom. The van der Waals surface area contributed by atoms with Gasteiger partial charge in [-0.05, 0) is 18.5 Å². The number of halogens is 2. The van der Waals surface area contributed by atoms with Crippen molar-refractivity contribution in [3.05, 3.63) is 16.1 Å². The molecule has 1 aromatic rings. The summed E-state index contributed by atoms with van der Waals surface area (Å²) in [6.07, 6.45) is 0. The number of aromatic nitrogens is 2. The topological polar surface area (TPSA) is 61.3 Å². The highest BCUT2D eigenvalue weighted by molar-refractivity contribution is 6.33. The molecule has 0 unspecified atom stereocenters. The maximum absolute atomic E-state index is 11.4. The maximum Gasteiger partial charge on any atom is 0.361 e. The van der Waals surface area contributed by atoms with Crippen LogP contribution in [0, 0.1) is 0 Å². The van der Waals surface area contributed by atoms with E-state index in [2.05, 4.69) is 9.97 Å². The van der Waals surface area contributed by atoms with Gasteiger partial charge in [-0.1, -0.05) is 11.6 Å². The molecule has 0 fully saturated rings. The van der Waals surface area contributed by atoms with Crippen molar-refractivity contribution in [2.24, 2.45) is 0 Å². The molecule has 0 amide bonds. The predicted molar refractivity (Wildman–Crippen MR) is 54.6 cm³/mol. The van der Waals surface area contributed by atoms with Crippen LogP contribution in [0.4, 0.5) is 0 Å². The smallest absolute Gasteiger partial charge is 0.361 e. The van der Waals surface area contributed by atoms with Crippen LogP contribution in [0.3, 0.4) is 0 Å². The highest BCUT2D eigenvalue weighted by atomic mass is 35.5. The fourth-order valence-corrected chi connectivity index (χ4v) is 1.38. The number of carbonyl (C=O) groups is 1. The van der Waals surface area contributed by atoms with Gasteiger partial charge in [0.1, 0.15) is 0 Å². The second-order valence-corrected chi connectivity index (χ2v) is 3.08. The molecule has 1 rings (SSSR count). The van der Waals surface area contributed by atoms with Gasteiger partial charge in [-0.25, -0.2) is 14.8 Å². The average Bonchev–Trinajstić information content (AvgIpc) is 2.17. The Hall–Kier alpha value is -1.07. The summed E-state index contributed by atoms with van der Waals surface area (Å²) in [6, 6.07) is 0. The Balaban J connectivity index is 3.20. The van der Waals surface area contributed by atoms with E-state index in [1.165, 1.54) is 7.11 Å². The largest absolute Gasteiger partial charge is 0.491 e. The molecule has 82 valence electrons. The van der Waals surface area contributed by atoms with Crippen molar-refractivity contribution in [1.82, 2.24) is 9.97 Å². The molecule has 0 N–H and O–H groups in total. The average molecular weight is 251 g/mol. The van der Waals surface area contributed by atoms with Crippen LogP contribution in [0.15, 0.2) is 0 Å². The molecular formula is C8H8Cl2N2O3. The van der Waals surface area contributed by atoms with Gasteiger partial charge in [0.25, 0.3) is 0 Å². The molecule has 0 saturated heterocycles. The first kappa shape index (κ1) is 12.0. The van der Waals surface area contributed by atoms with Crippen LogP contribution < -0.4 is 4.74 Å². The van der Waals surface area contributed by atoms with Crippen LogP contribution in [0.1, 0.15) is 17.4 Å². The summed E-state index contributed by atoms with van der Waals surface area (Å²) in [5.41, 5.74) is -0.0793. The highest BCUT2D eigenvalue weighted by Crippen LogP contribution is 2.27. The summed E-state index contributed by atoms with van der Waals surface area (Å²) in [5.74, 6) is -0.597. The highest BCUT2D eigenvalue weighted by Gasteiger charge is 2.20. The zero-order chi connectivity index (χ0) is 11.4. The van der Waals surface area contributed by atoms with Gasteiger partial charge in [0, 0.05) is 0 Å². The van der Waals surface area contributed by atoms with Crippen LogP contribution in [0.5, 0.6) is 5.75 Å². The molecule has 7 heteroatoms. The van der Waals surface area contributed by atoms with E-state index in [0.717, 1.165) is 0 Å². The van der Waals surface area contributed by atoms with Gasteiger partial charge >= 0.3 is 5.97 Å². The SMILES string of the molecule is CCOC(=O)c1nc(Cl)nc(Cl)c1OC. The Bertz CT molecular complexity index is 384. The van der Waals surface area contributed by atoms with Crippen LogP contribution in [-0.2, 0) is 4.74 Å².